The second-order valence-corrected chi connectivity index (χ2v) is 11.4. The van der Waals surface area contributed by atoms with Crippen molar-refractivity contribution in [2.75, 3.05) is 18.4 Å². The first-order chi connectivity index (χ1) is 17.7. The Balaban J connectivity index is 1.51. The number of aryl methyl sites for hydroxylation is 1. The van der Waals surface area contributed by atoms with Crippen LogP contribution in [0.25, 0.3) is 10.4 Å². The Hall–Kier alpha value is -3.25. The zero-order chi connectivity index (χ0) is 27.7. The van der Waals surface area contributed by atoms with Crippen LogP contribution in [0.5, 0.6) is 0 Å². The van der Waals surface area contributed by atoms with Crippen molar-refractivity contribution in [1.29, 1.82) is 0 Å². The van der Waals surface area contributed by atoms with E-state index in [2.05, 4.69) is 20.3 Å². The van der Waals surface area contributed by atoms with Gasteiger partial charge in [-0.15, -0.1) is 11.3 Å². The number of aliphatic hydroxyl groups is 1. The first-order valence-corrected chi connectivity index (χ1v) is 13.0. The van der Waals surface area contributed by atoms with Crippen molar-refractivity contribution in [3.8, 4) is 10.4 Å². The highest BCUT2D eigenvalue weighted by Gasteiger charge is 2.37. The van der Waals surface area contributed by atoms with Crippen LogP contribution in [0.1, 0.15) is 56.3 Å². The minimum absolute atomic E-state index is 0.163. The van der Waals surface area contributed by atoms with Gasteiger partial charge in [-0.1, -0.05) is 6.07 Å². The van der Waals surface area contributed by atoms with E-state index in [-0.39, 0.29) is 5.95 Å². The molecule has 1 aromatic carbocycles. The van der Waals surface area contributed by atoms with Crippen molar-refractivity contribution in [3.05, 3.63) is 52.9 Å². The molecule has 38 heavy (non-hydrogen) atoms. The van der Waals surface area contributed by atoms with Gasteiger partial charge in [0.25, 0.3) is 0 Å². The van der Waals surface area contributed by atoms with Crippen LogP contribution in [0.3, 0.4) is 0 Å². The lowest BCUT2D eigenvalue weighted by Crippen LogP contribution is -2.38. The number of anilines is 2. The van der Waals surface area contributed by atoms with E-state index in [1.54, 1.807) is 23.2 Å². The van der Waals surface area contributed by atoms with Crippen molar-refractivity contribution < 1.29 is 27.8 Å². The monoisotopic (exact) mass is 549 g/mol. The van der Waals surface area contributed by atoms with Gasteiger partial charge in [0.05, 0.1) is 4.88 Å². The molecule has 1 fully saturated rings. The molecule has 4 rings (SSSR count). The summed E-state index contributed by atoms with van der Waals surface area (Å²) in [6.45, 7) is 8.14. The number of nitrogens with one attached hydrogen (secondary N) is 1. The predicted molar refractivity (Wildman–Crippen MR) is 138 cm³/mol. The zero-order valence-electron chi connectivity index (χ0n) is 21.6. The van der Waals surface area contributed by atoms with Crippen LogP contribution in [0.15, 0.2) is 36.7 Å². The summed E-state index contributed by atoms with van der Waals surface area (Å²) in [5.41, 5.74) is -0.633. The maximum atomic E-state index is 13.0. The topological polar surface area (TPSA) is 100 Å². The van der Waals surface area contributed by atoms with Crippen LogP contribution in [0, 0.1) is 6.92 Å². The highest BCUT2D eigenvalue weighted by molar-refractivity contribution is 7.15. The fraction of sp³-hybridized carbons (Fsp3) is 0.462. The van der Waals surface area contributed by atoms with Gasteiger partial charge in [-0.05, 0) is 69.9 Å². The molecule has 204 valence electrons. The summed E-state index contributed by atoms with van der Waals surface area (Å²) in [4.78, 5) is 26.9. The maximum absolute atomic E-state index is 13.0. The number of halogens is 3. The summed E-state index contributed by atoms with van der Waals surface area (Å²) < 4.78 is 44.6. The van der Waals surface area contributed by atoms with Crippen molar-refractivity contribution in [1.82, 2.24) is 19.9 Å². The number of likely N-dealkylation sites (tertiary alicyclic amines) is 1. The van der Waals surface area contributed by atoms with Crippen molar-refractivity contribution in [2.24, 2.45) is 0 Å². The van der Waals surface area contributed by atoms with Gasteiger partial charge >= 0.3 is 12.3 Å². The first kappa shape index (κ1) is 27.8. The van der Waals surface area contributed by atoms with E-state index in [4.69, 9.17) is 4.74 Å². The standard InChI is InChI=1S/C26H30F3N5O3S/c1-16-12-17(14-18(13-16)32-22-30-9-6-20(33-22)26(27,28)29)19-15-31-21(38-19)25(36)7-5-10-34(11-8-25)23(35)37-24(2,3)4/h6,9,12-15,36H,5,7-8,10-11H2,1-4H3,(H,30,32,33)/t25-/m0/s1. The van der Waals surface area contributed by atoms with Crippen LogP contribution < -0.4 is 5.32 Å². The predicted octanol–water partition coefficient (Wildman–Crippen LogP) is 6.28. The number of hydrogen-bond donors (Lipinski definition) is 2. The Kier molecular flexibility index (Phi) is 7.67. The van der Waals surface area contributed by atoms with E-state index in [1.165, 1.54) is 11.3 Å². The molecule has 1 saturated heterocycles. The Morgan fingerprint density at radius 2 is 1.92 bits per heavy atom. The molecule has 1 aliphatic heterocycles. The largest absolute Gasteiger partial charge is 0.444 e. The molecule has 1 amide bonds. The number of alkyl halides is 3. The third kappa shape index (κ3) is 6.79. The van der Waals surface area contributed by atoms with E-state index in [9.17, 15) is 23.1 Å². The van der Waals surface area contributed by atoms with Gasteiger partial charge in [-0.25, -0.2) is 19.7 Å². The Labute approximate surface area is 222 Å². The average molecular weight is 550 g/mol. The summed E-state index contributed by atoms with van der Waals surface area (Å²) in [6.07, 6.45) is -0.862. The molecule has 0 spiro atoms. The normalized spacial score (nSPS) is 18.7. The van der Waals surface area contributed by atoms with E-state index in [1.807, 2.05) is 33.8 Å². The molecule has 12 heteroatoms. The van der Waals surface area contributed by atoms with E-state index in [0.29, 0.717) is 43.0 Å². The second-order valence-electron chi connectivity index (χ2n) is 10.4. The molecule has 0 aliphatic carbocycles. The average Bonchev–Trinajstić information content (AvgIpc) is 3.22. The Morgan fingerprint density at radius 3 is 2.63 bits per heavy atom. The molecule has 0 saturated carbocycles. The van der Waals surface area contributed by atoms with Crippen LogP contribution >= 0.6 is 11.3 Å². The number of ether oxygens (including phenoxy) is 1. The van der Waals surface area contributed by atoms with Crippen molar-refractivity contribution in [2.45, 2.75) is 64.3 Å². The summed E-state index contributed by atoms with van der Waals surface area (Å²) in [5, 5.41) is 14.9. The van der Waals surface area contributed by atoms with Crippen LogP contribution in [-0.4, -0.2) is 49.7 Å². The lowest BCUT2D eigenvalue weighted by Gasteiger charge is -2.27. The molecule has 2 N–H and O–H groups in total. The molecule has 0 radical (unpaired) electrons. The fourth-order valence-electron chi connectivity index (χ4n) is 4.17. The lowest BCUT2D eigenvalue weighted by atomic mass is 9.96. The van der Waals surface area contributed by atoms with Gasteiger partial charge < -0.3 is 20.1 Å². The third-order valence-electron chi connectivity index (χ3n) is 5.93. The van der Waals surface area contributed by atoms with Crippen molar-refractivity contribution in [3.63, 3.8) is 0 Å². The van der Waals surface area contributed by atoms with E-state index >= 15 is 0 Å². The number of thiazole rings is 1. The SMILES string of the molecule is Cc1cc(Nc2nccc(C(F)(F)F)n2)cc(-c2cnc([C@]3(O)CCCN(C(=O)OC(C)(C)C)CC3)s2)c1. The number of nitrogens with zero attached hydrogens (tertiary/aromatic N) is 4. The summed E-state index contributed by atoms with van der Waals surface area (Å²) in [6, 6.07) is 6.29. The summed E-state index contributed by atoms with van der Waals surface area (Å²) in [5.74, 6) is -0.163. The molecule has 3 heterocycles. The number of rotatable bonds is 4. The molecule has 3 aromatic rings. The number of benzene rings is 1. The molecular weight excluding hydrogens is 519 g/mol. The Bertz CT molecular complexity index is 1310. The van der Waals surface area contributed by atoms with Crippen molar-refractivity contribution >= 4 is 29.1 Å². The third-order valence-corrected chi connectivity index (χ3v) is 7.17. The summed E-state index contributed by atoms with van der Waals surface area (Å²) in [7, 11) is 0. The molecule has 8 nitrogen and oxygen atoms in total. The van der Waals surface area contributed by atoms with E-state index in [0.717, 1.165) is 28.3 Å². The number of amides is 1. The molecule has 0 bridgehead atoms. The highest BCUT2D eigenvalue weighted by Crippen LogP contribution is 2.39. The van der Waals surface area contributed by atoms with Gasteiger partial charge in [0, 0.05) is 37.6 Å². The molecule has 2 aromatic heterocycles. The molecule has 1 aliphatic rings. The lowest BCUT2D eigenvalue weighted by molar-refractivity contribution is -0.141. The molecule has 1 atom stereocenters. The minimum atomic E-state index is -4.57. The van der Waals surface area contributed by atoms with Crippen LogP contribution in [0.2, 0.25) is 0 Å². The van der Waals surface area contributed by atoms with Gasteiger partial charge in [0.1, 0.15) is 21.9 Å². The van der Waals surface area contributed by atoms with Gasteiger partial charge in [0.15, 0.2) is 0 Å². The van der Waals surface area contributed by atoms with Crippen LogP contribution in [-0.2, 0) is 16.5 Å². The van der Waals surface area contributed by atoms with Crippen LogP contribution in [0.4, 0.5) is 29.6 Å². The molecule has 0 unspecified atom stereocenters. The van der Waals surface area contributed by atoms with Gasteiger partial charge in [-0.3, -0.25) is 0 Å². The summed E-state index contributed by atoms with van der Waals surface area (Å²) >= 11 is 1.35. The highest BCUT2D eigenvalue weighted by atomic mass is 32.1. The number of aromatic nitrogens is 3. The second kappa shape index (κ2) is 10.5. The maximum Gasteiger partial charge on any atom is 0.433 e. The molecular formula is C26H30F3N5O3S. The number of carbonyl (C=O) groups is 1. The fourth-order valence-corrected chi connectivity index (χ4v) is 5.22. The Morgan fingerprint density at radius 1 is 1.16 bits per heavy atom. The van der Waals surface area contributed by atoms with Gasteiger partial charge in [-0.2, -0.15) is 13.2 Å². The van der Waals surface area contributed by atoms with E-state index < -0.39 is 29.2 Å². The first-order valence-electron chi connectivity index (χ1n) is 12.2. The quantitative estimate of drug-likeness (QED) is 0.395. The number of hydrogen-bond acceptors (Lipinski definition) is 8. The smallest absolute Gasteiger partial charge is 0.433 e. The zero-order valence-corrected chi connectivity index (χ0v) is 22.4. The minimum Gasteiger partial charge on any atom is -0.444 e. The number of carbonyl (C=O) groups excluding carboxylic acids is 1. The van der Waals surface area contributed by atoms with Gasteiger partial charge in [0.2, 0.25) is 5.95 Å².